The molecule has 7 heteroatoms. The molecule has 6 nitrogen and oxygen atoms in total. The van der Waals surface area contributed by atoms with E-state index in [1.807, 2.05) is 12.1 Å². The summed E-state index contributed by atoms with van der Waals surface area (Å²) >= 11 is 2.12. The predicted octanol–water partition coefficient (Wildman–Crippen LogP) is 2.17. The highest BCUT2D eigenvalue weighted by Gasteiger charge is 2.43. The summed E-state index contributed by atoms with van der Waals surface area (Å²) in [6, 6.07) is 4.44. The summed E-state index contributed by atoms with van der Waals surface area (Å²) in [5, 5.41) is 20.7. The number of nitrogens with zero attached hydrogens (tertiary/aromatic N) is 3. The quantitative estimate of drug-likeness (QED) is 0.776. The van der Waals surface area contributed by atoms with E-state index in [1.165, 1.54) is 0 Å². The summed E-state index contributed by atoms with van der Waals surface area (Å²) in [4.78, 5) is 12.8. The lowest BCUT2D eigenvalue weighted by Gasteiger charge is -2.37. The molecule has 1 aromatic heterocycles. The van der Waals surface area contributed by atoms with Crippen LogP contribution in [0.15, 0.2) is 12.1 Å². The van der Waals surface area contributed by atoms with Gasteiger partial charge in [-0.15, -0.1) is 10.2 Å². The van der Waals surface area contributed by atoms with E-state index < -0.39 is 6.09 Å². The topological polar surface area (TPSA) is 78.4 Å². The van der Waals surface area contributed by atoms with Gasteiger partial charge >= 0.3 is 6.09 Å². The Labute approximate surface area is 124 Å². The highest BCUT2D eigenvalue weighted by atomic mass is 127. The average molecular weight is 374 g/mol. The van der Waals surface area contributed by atoms with E-state index >= 15 is 0 Å². The van der Waals surface area contributed by atoms with Crippen molar-refractivity contribution in [3.8, 4) is 0 Å². The highest BCUT2D eigenvalue weighted by molar-refractivity contribution is 14.1. The smallest absolute Gasteiger partial charge is 0.407 e. The second-order valence-electron chi connectivity index (χ2n) is 5.13. The molecule has 2 bridgehead atoms. The number of nitrogens with one attached hydrogen (secondary N) is 1. The first kappa shape index (κ1) is 12.9. The second kappa shape index (κ2) is 5.10. The van der Waals surface area contributed by atoms with E-state index in [2.05, 4.69) is 38.1 Å². The van der Waals surface area contributed by atoms with Gasteiger partial charge in [-0.05, 0) is 60.4 Å². The molecule has 0 radical (unpaired) electrons. The first-order chi connectivity index (χ1) is 9.13. The van der Waals surface area contributed by atoms with Gasteiger partial charge < -0.3 is 15.3 Å². The number of fused-ring (bicyclic) bond motifs is 2. The summed E-state index contributed by atoms with van der Waals surface area (Å²) in [6.07, 6.45) is 2.90. The fourth-order valence-corrected chi connectivity index (χ4v) is 3.50. The predicted molar refractivity (Wildman–Crippen MR) is 78.1 cm³/mol. The van der Waals surface area contributed by atoms with Crippen molar-refractivity contribution in [2.24, 2.45) is 0 Å². The number of hydrogen-bond acceptors (Lipinski definition) is 4. The van der Waals surface area contributed by atoms with Crippen LogP contribution in [0.5, 0.6) is 0 Å². The molecule has 3 heterocycles. The zero-order valence-electron chi connectivity index (χ0n) is 10.3. The van der Waals surface area contributed by atoms with Crippen LogP contribution < -0.4 is 5.32 Å². The van der Waals surface area contributed by atoms with Crippen molar-refractivity contribution in [2.75, 3.05) is 5.32 Å². The molecular weight excluding hydrogens is 359 g/mol. The van der Waals surface area contributed by atoms with E-state index in [0.29, 0.717) is 6.04 Å². The van der Waals surface area contributed by atoms with Crippen molar-refractivity contribution in [1.82, 2.24) is 15.1 Å². The van der Waals surface area contributed by atoms with Crippen LogP contribution in [-0.2, 0) is 0 Å². The maximum Gasteiger partial charge on any atom is 0.407 e. The molecule has 3 rings (SSSR count). The van der Waals surface area contributed by atoms with Crippen LogP contribution in [0, 0.1) is 3.70 Å². The van der Waals surface area contributed by atoms with E-state index in [4.69, 9.17) is 0 Å². The highest BCUT2D eigenvalue weighted by Crippen LogP contribution is 2.36. The van der Waals surface area contributed by atoms with E-state index in [1.54, 1.807) is 4.90 Å². The summed E-state index contributed by atoms with van der Waals surface area (Å²) in [5.74, 6) is 0.772. The first-order valence-corrected chi connectivity index (χ1v) is 7.48. The Morgan fingerprint density at radius 1 is 1.32 bits per heavy atom. The van der Waals surface area contributed by atoms with Gasteiger partial charge in [0.15, 0.2) is 0 Å². The Kier molecular flexibility index (Phi) is 3.46. The standard InChI is InChI=1S/C12H15IN4O2/c13-10-3-4-11(16-15-10)14-7-5-8-1-2-9(6-7)17(8)12(18)19/h3-4,7-9H,1-2,5-6H2,(H,14,16)(H,18,19)/t7-,8-,9+. The summed E-state index contributed by atoms with van der Waals surface area (Å²) in [6.45, 7) is 0. The first-order valence-electron chi connectivity index (χ1n) is 6.40. The Bertz CT molecular complexity index is 467. The van der Waals surface area contributed by atoms with Gasteiger partial charge in [-0.2, -0.15) is 0 Å². The van der Waals surface area contributed by atoms with Gasteiger partial charge in [-0.3, -0.25) is 0 Å². The molecule has 2 N–H and O–H groups in total. The molecule has 0 aliphatic carbocycles. The second-order valence-corrected chi connectivity index (χ2v) is 6.23. The van der Waals surface area contributed by atoms with Gasteiger partial charge in [0.2, 0.25) is 0 Å². The molecule has 1 aromatic rings. The fraction of sp³-hybridized carbons (Fsp3) is 0.583. The number of anilines is 1. The molecular formula is C12H15IN4O2. The molecule has 0 unspecified atom stereocenters. The third-order valence-electron chi connectivity index (χ3n) is 3.94. The lowest BCUT2D eigenvalue weighted by Crippen LogP contribution is -2.49. The van der Waals surface area contributed by atoms with Gasteiger partial charge in [0, 0.05) is 18.1 Å². The molecule has 0 saturated carbocycles. The zero-order chi connectivity index (χ0) is 13.4. The van der Waals surface area contributed by atoms with Crippen LogP contribution in [0.2, 0.25) is 0 Å². The minimum absolute atomic E-state index is 0.158. The van der Waals surface area contributed by atoms with E-state index in [-0.39, 0.29) is 12.1 Å². The molecule has 0 spiro atoms. The van der Waals surface area contributed by atoms with Gasteiger partial charge in [0.05, 0.1) is 0 Å². The molecule has 0 aromatic carbocycles. The number of aromatic nitrogens is 2. The Morgan fingerprint density at radius 3 is 2.53 bits per heavy atom. The number of amides is 1. The van der Waals surface area contributed by atoms with Crippen molar-refractivity contribution in [1.29, 1.82) is 0 Å². The van der Waals surface area contributed by atoms with Crippen LogP contribution in [-0.4, -0.2) is 44.4 Å². The number of halogens is 1. The Hall–Kier alpha value is -1.12. The van der Waals surface area contributed by atoms with Gasteiger partial charge in [0.25, 0.3) is 0 Å². The lowest BCUT2D eigenvalue weighted by molar-refractivity contribution is 0.0993. The number of carbonyl (C=O) groups is 1. The largest absolute Gasteiger partial charge is 0.465 e. The molecule has 2 fully saturated rings. The van der Waals surface area contributed by atoms with Crippen LogP contribution >= 0.6 is 22.6 Å². The molecule has 1 amide bonds. The van der Waals surface area contributed by atoms with Crippen molar-refractivity contribution < 1.29 is 9.90 Å². The van der Waals surface area contributed by atoms with Crippen LogP contribution in [0.1, 0.15) is 25.7 Å². The van der Waals surface area contributed by atoms with Crippen molar-refractivity contribution >= 4 is 34.5 Å². The Balaban J connectivity index is 1.66. The number of carboxylic acid groups (broad SMARTS) is 1. The van der Waals surface area contributed by atoms with E-state index in [0.717, 1.165) is 35.2 Å². The number of piperidine rings is 1. The normalized spacial score (nSPS) is 29.3. The lowest BCUT2D eigenvalue weighted by atomic mass is 9.98. The zero-order valence-corrected chi connectivity index (χ0v) is 12.4. The SMILES string of the molecule is O=C(O)N1[C@@H]2CC[C@H]1C[C@H](Nc1ccc(I)nn1)C2. The Morgan fingerprint density at radius 2 is 2.00 bits per heavy atom. The van der Waals surface area contributed by atoms with Crippen molar-refractivity contribution in [3.63, 3.8) is 0 Å². The van der Waals surface area contributed by atoms with Crippen LogP contribution in [0.25, 0.3) is 0 Å². The summed E-state index contributed by atoms with van der Waals surface area (Å²) < 4.78 is 0.865. The minimum atomic E-state index is -0.778. The van der Waals surface area contributed by atoms with Crippen LogP contribution in [0.4, 0.5) is 10.6 Å². The molecule has 19 heavy (non-hydrogen) atoms. The maximum absolute atomic E-state index is 11.2. The summed E-state index contributed by atoms with van der Waals surface area (Å²) in [5.41, 5.74) is 0. The molecule has 2 saturated heterocycles. The fourth-order valence-electron chi connectivity index (χ4n) is 3.21. The monoisotopic (exact) mass is 374 g/mol. The van der Waals surface area contributed by atoms with Crippen molar-refractivity contribution in [2.45, 2.75) is 43.8 Å². The third-order valence-corrected chi connectivity index (χ3v) is 4.51. The van der Waals surface area contributed by atoms with Gasteiger partial charge in [-0.25, -0.2) is 4.79 Å². The number of rotatable bonds is 2. The van der Waals surface area contributed by atoms with Crippen LogP contribution in [0.3, 0.4) is 0 Å². The molecule has 102 valence electrons. The summed E-state index contributed by atoms with van der Waals surface area (Å²) in [7, 11) is 0. The third kappa shape index (κ3) is 2.60. The maximum atomic E-state index is 11.2. The van der Waals surface area contributed by atoms with Gasteiger partial charge in [-0.1, -0.05) is 0 Å². The number of hydrogen-bond donors (Lipinski definition) is 2. The van der Waals surface area contributed by atoms with Gasteiger partial charge in [0.1, 0.15) is 9.52 Å². The van der Waals surface area contributed by atoms with E-state index in [9.17, 15) is 9.90 Å². The van der Waals surface area contributed by atoms with Crippen molar-refractivity contribution in [3.05, 3.63) is 15.8 Å². The average Bonchev–Trinajstić information content (AvgIpc) is 2.65. The molecule has 3 atom stereocenters. The molecule has 2 aliphatic heterocycles. The molecule has 2 aliphatic rings. The minimum Gasteiger partial charge on any atom is -0.465 e.